The van der Waals surface area contributed by atoms with Gasteiger partial charge in [0.15, 0.2) is 0 Å². The predicted molar refractivity (Wildman–Crippen MR) is 77.3 cm³/mol. The van der Waals surface area contributed by atoms with Gasteiger partial charge in [0.05, 0.1) is 4.99 Å². The second-order valence-electron chi connectivity index (χ2n) is 4.30. The smallest absolute Gasteiger partial charge is 0.273 e. The van der Waals surface area contributed by atoms with E-state index in [1.807, 2.05) is 11.0 Å². The van der Waals surface area contributed by atoms with Crippen LogP contribution < -0.4 is 5.73 Å². The highest BCUT2D eigenvalue weighted by Crippen LogP contribution is 2.21. The summed E-state index contributed by atoms with van der Waals surface area (Å²) in [6, 6.07) is 3.61. The number of aromatic nitrogens is 1. The van der Waals surface area contributed by atoms with Crippen LogP contribution in [-0.4, -0.2) is 33.9 Å². The summed E-state index contributed by atoms with van der Waals surface area (Å²) in [5, 5.41) is 0. The molecule has 2 rings (SSSR count). The predicted octanol–water partition coefficient (Wildman–Crippen LogP) is 1.98. The Morgan fingerprint density at radius 2 is 2.17 bits per heavy atom. The fourth-order valence-electron chi connectivity index (χ4n) is 2.06. The van der Waals surface area contributed by atoms with Gasteiger partial charge in [0.25, 0.3) is 5.91 Å². The number of halogens is 1. The summed E-state index contributed by atoms with van der Waals surface area (Å²) in [6.07, 6.45) is 3.30. The first kappa shape index (κ1) is 13.4. The van der Waals surface area contributed by atoms with E-state index in [0.717, 1.165) is 17.3 Å². The van der Waals surface area contributed by atoms with Gasteiger partial charge in [-0.1, -0.05) is 12.2 Å². The van der Waals surface area contributed by atoms with Gasteiger partial charge in [-0.15, -0.1) is 0 Å². The average Bonchev–Trinajstić information content (AvgIpc) is 2.38. The largest absolute Gasteiger partial charge is 0.393 e. The van der Waals surface area contributed by atoms with Crippen LogP contribution in [0.25, 0.3) is 0 Å². The van der Waals surface area contributed by atoms with Crippen molar-refractivity contribution < 1.29 is 4.79 Å². The molecule has 0 aromatic carbocycles. The molecular weight excluding hydrogens is 314 g/mol. The maximum atomic E-state index is 12.3. The monoisotopic (exact) mass is 327 g/mol. The van der Waals surface area contributed by atoms with Gasteiger partial charge in [0, 0.05) is 29.7 Å². The van der Waals surface area contributed by atoms with E-state index >= 15 is 0 Å². The lowest BCUT2D eigenvalue weighted by Gasteiger charge is -2.31. The number of rotatable bonds is 2. The number of carbonyl (C=O) groups excluding carboxylic acids is 1. The number of carbonyl (C=O) groups is 1. The standard InChI is InChI=1S/C12H14BrN3OS/c13-9-2-1-5-15-10(9)12(17)16-6-3-8(4-7-16)11(14)18/h1-2,5,8H,3-4,6-7H2,(H2,14,18). The van der Waals surface area contributed by atoms with E-state index in [9.17, 15) is 4.79 Å². The number of hydrogen-bond acceptors (Lipinski definition) is 3. The minimum atomic E-state index is -0.0381. The Labute approximate surface area is 120 Å². The van der Waals surface area contributed by atoms with Crippen LogP contribution in [0.5, 0.6) is 0 Å². The molecule has 0 aliphatic carbocycles. The number of nitrogens with zero attached hydrogens (tertiary/aromatic N) is 2. The van der Waals surface area contributed by atoms with Gasteiger partial charge in [0.1, 0.15) is 5.69 Å². The minimum absolute atomic E-state index is 0.0381. The highest BCUT2D eigenvalue weighted by Gasteiger charge is 2.26. The van der Waals surface area contributed by atoms with Gasteiger partial charge in [-0.25, -0.2) is 4.98 Å². The third-order valence-electron chi connectivity index (χ3n) is 3.15. The van der Waals surface area contributed by atoms with Crippen LogP contribution in [0, 0.1) is 5.92 Å². The molecule has 1 saturated heterocycles. The molecule has 0 unspecified atom stereocenters. The second kappa shape index (κ2) is 5.75. The highest BCUT2D eigenvalue weighted by atomic mass is 79.9. The van der Waals surface area contributed by atoms with Crippen molar-refractivity contribution in [2.75, 3.05) is 13.1 Å². The van der Waals surface area contributed by atoms with E-state index < -0.39 is 0 Å². The van der Waals surface area contributed by atoms with Gasteiger partial charge in [-0.2, -0.15) is 0 Å². The lowest BCUT2D eigenvalue weighted by Crippen LogP contribution is -2.41. The molecule has 6 heteroatoms. The zero-order chi connectivity index (χ0) is 13.1. The normalized spacial score (nSPS) is 16.6. The van der Waals surface area contributed by atoms with Crippen LogP contribution in [0.3, 0.4) is 0 Å². The molecule has 4 nitrogen and oxygen atoms in total. The Morgan fingerprint density at radius 1 is 1.50 bits per heavy atom. The Morgan fingerprint density at radius 3 is 2.72 bits per heavy atom. The Kier molecular flexibility index (Phi) is 4.29. The fraction of sp³-hybridized carbons (Fsp3) is 0.417. The third-order valence-corrected chi connectivity index (χ3v) is 4.12. The summed E-state index contributed by atoms with van der Waals surface area (Å²) in [5.41, 5.74) is 6.10. The molecule has 0 saturated carbocycles. The van der Waals surface area contributed by atoms with Crippen molar-refractivity contribution in [1.29, 1.82) is 0 Å². The Bertz CT molecular complexity index is 472. The van der Waals surface area contributed by atoms with Gasteiger partial charge in [-0.05, 0) is 40.9 Å². The van der Waals surface area contributed by atoms with Crippen molar-refractivity contribution in [1.82, 2.24) is 9.88 Å². The molecule has 1 aliphatic heterocycles. The molecule has 2 N–H and O–H groups in total. The highest BCUT2D eigenvalue weighted by molar-refractivity contribution is 9.10. The SMILES string of the molecule is NC(=S)C1CCN(C(=O)c2ncccc2Br)CC1. The van der Waals surface area contributed by atoms with E-state index in [4.69, 9.17) is 18.0 Å². The van der Waals surface area contributed by atoms with E-state index in [-0.39, 0.29) is 11.8 Å². The van der Waals surface area contributed by atoms with Crippen molar-refractivity contribution in [3.63, 3.8) is 0 Å². The summed E-state index contributed by atoms with van der Waals surface area (Å²) >= 11 is 8.34. The number of nitrogens with two attached hydrogens (primary N) is 1. The molecule has 96 valence electrons. The van der Waals surface area contributed by atoms with Crippen molar-refractivity contribution >= 4 is 39.0 Å². The first-order valence-corrected chi connectivity index (χ1v) is 6.99. The molecule has 1 amide bonds. The van der Waals surface area contributed by atoms with E-state index in [0.29, 0.717) is 23.8 Å². The molecule has 1 fully saturated rings. The molecule has 1 aromatic heterocycles. The third kappa shape index (κ3) is 2.87. The van der Waals surface area contributed by atoms with Crippen molar-refractivity contribution in [2.24, 2.45) is 11.7 Å². The zero-order valence-electron chi connectivity index (χ0n) is 9.80. The molecule has 0 bridgehead atoms. The number of likely N-dealkylation sites (tertiary alicyclic amines) is 1. The number of pyridine rings is 1. The van der Waals surface area contributed by atoms with Gasteiger partial charge in [-0.3, -0.25) is 4.79 Å². The summed E-state index contributed by atoms with van der Waals surface area (Å²) in [7, 11) is 0. The van der Waals surface area contributed by atoms with Gasteiger partial charge >= 0.3 is 0 Å². The summed E-state index contributed by atoms with van der Waals surface area (Å²) in [4.78, 5) is 18.7. The number of piperidine rings is 1. The lowest BCUT2D eigenvalue weighted by atomic mass is 9.97. The van der Waals surface area contributed by atoms with Crippen LogP contribution in [0.1, 0.15) is 23.3 Å². The van der Waals surface area contributed by atoms with E-state index in [1.165, 1.54) is 0 Å². The van der Waals surface area contributed by atoms with Crippen LogP contribution in [0.15, 0.2) is 22.8 Å². The topological polar surface area (TPSA) is 59.2 Å². The molecule has 0 radical (unpaired) electrons. The number of amides is 1. The summed E-state index contributed by atoms with van der Waals surface area (Å²) in [6.45, 7) is 1.37. The first-order valence-electron chi connectivity index (χ1n) is 5.78. The average molecular weight is 328 g/mol. The lowest BCUT2D eigenvalue weighted by molar-refractivity contribution is 0.0703. The van der Waals surface area contributed by atoms with Gasteiger partial charge < -0.3 is 10.6 Å². The second-order valence-corrected chi connectivity index (χ2v) is 5.63. The maximum Gasteiger partial charge on any atom is 0.273 e. The van der Waals surface area contributed by atoms with Crippen LogP contribution in [-0.2, 0) is 0 Å². The molecule has 2 heterocycles. The molecule has 1 aromatic rings. The Balaban J connectivity index is 2.04. The Hall–Kier alpha value is -1.01. The van der Waals surface area contributed by atoms with E-state index in [2.05, 4.69) is 20.9 Å². The van der Waals surface area contributed by atoms with Crippen molar-refractivity contribution in [2.45, 2.75) is 12.8 Å². The van der Waals surface area contributed by atoms with Crippen LogP contribution >= 0.6 is 28.1 Å². The summed E-state index contributed by atoms with van der Waals surface area (Å²) in [5.74, 6) is 0.222. The zero-order valence-corrected chi connectivity index (χ0v) is 12.2. The quantitative estimate of drug-likeness (QED) is 0.844. The number of hydrogen-bond donors (Lipinski definition) is 1. The fourth-order valence-corrected chi connectivity index (χ4v) is 2.72. The maximum absolute atomic E-state index is 12.3. The van der Waals surface area contributed by atoms with Crippen LogP contribution in [0.2, 0.25) is 0 Å². The molecule has 18 heavy (non-hydrogen) atoms. The van der Waals surface area contributed by atoms with Crippen molar-refractivity contribution in [3.8, 4) is 0 Å². The van der Waals surface area contributed by atoms with Gasteiger partial charge in [0.2, 0.25) is 0 Å². The summed E-state index contributed by atoms with van der Waals surface area (Å²) < 4.78 is 0.728. The molecular formula is C12H14BrN3OS. The molecule has 0 spiro atoms. The minimum Gasteiger partial charge on any atom is -0.393 e. The number of thiocarbonyl (C=S) groups is 1. The molecule has 0 atom stereocenters. The molecule has 1 aliphatic rings. The first-order chi connectivity index (χ1) is 8.59. The van der Waals surface area contributed by atoms with Crippen molar-refractivity contribution in [3.05, 3.63) is 28.5 Å². The van der Waals surface area contributed by atoms with E-state index in [1.54, 1.807) is 12.3 Å². The van der Waals surface area contributed by atoms with Crippen LogP contribution in [0.4, 0.5) is 0 Å².